The first-order chi connectivity index (χ1) is 8.12. The predicted molar refractivity (Wildman–Crippen MR) is 66.6 cm³/mol. The molecule has 0 fully saturated rings. The number of rotatable bonds is 4. The van der Waals surface area contributed by atoms with Crippen LogP contribution in [0.2, 0.25) is 0 Å². The van der Waals surface area contributed by atoms with Gasteiger partial charge in [-0.3, -0.25) is 4.79 Å². The van der Waals surface area contributed by atoms with E-state index in [1.54, 1.807) is 13.8 Å². The van der Waals surface area contributed by atoms with Crippen molar-refractivity contribution in [3.05, 3.63) is 23.3 Å². The van der Waals surface area contributed by atoms with Crippen molar-refractivity contribution in [3.8, 4) is 5.75 Å². The monoisotopic (exact) mass is 272 g/mol. The van der Waals surface area contributed by atoms with Crippen molar-refractivity contribution in [2.75, 3.05) is 0 Å². The van der Waals surface area contributed by atoms with Gasteiger partial charge in [0.25, 0.3) is 5.91 Å². The van der Waals surface area contributed by atoms with Crippen molar-refractivity contribution in [1.29, 1.82) is 0 Å². The zero-order chi connectivity index (χ0) is 14.1. The highest BCUT2D eigenvalue weighted by Gasteiger charge is 2.17. The number of primary amides is 1. The molecule has 0 aromatic heterocycles. The number of ether oxygens (including phenoxy) is 1. The number of aryl methyl sites for hydroxylation is 2. The van der Waals surface area contributed by atoms with Gasteiger partial charge in [-0.15, -0.1) is 0 Å². The van der Waals surface area contributed by atoms with E-state index in [0.717, 1.165) is 0 Å². The molecule has 1 aromatic carbocycles. The minimum absolute atomic E-state index is 0.0408. The zero-order valence-corrected chi connectivity index (χ0v) is 11.2. The zero-order valence-electron chi connectivity index (χ0n) is 10.4. The van der Waals surface area contributed by atoms with Gasteiger partial charge in [-0.05, 0) is 44.0 Å². The number of hydrogen-bond donors (Lipinski definition) is 2. The number of nitrogens with two attached hydrogens (primary N) is 2. The molecule has 1 rings (SSSR count). The molecule has 18 heavy (non-hydrogen) atoms. The summed E-state index contributed by atoms with van der Waals surface area (Å²) in [6.07, 6.45) is -0.788. The minimum atomic E-state index is -3.76. The molecule has 0 aliphatic heterocycles. The largest absolute Gasteiger partial charge is 0.481 e. The van der Waals surface area contributed by atoms with Crippen LogP contribution in [0.1, 0.15) is 18.1 Å². The summed E-state index contributed by atoms with van der Waals surface area (Å²) >= 11 is 0. The molecule has 7 heteroatoms. The van der Waals surface area contributed by atoms with Crippen LogP contribution in [0.15, 0.2) is 17.0 Å². The number of carbonyl (C=O) groups is 1. The van der Waals surface area contributed by atoms with E-state index in [1.165, 1.54) is 19.1 Å². The first-order valence-electron chi connectivity index (χ1n) is 5.23. The summed E-state index contributed by atoms with van der Waals surface area (Å²) in [6.45, 7) is 4.78. The van der Waals surface area contributed by atoms with Crippen LogP contribution in [0.25, 0.3) is 0 Å². The third-order valence-corrected chi connectivity index (χ3v) is 3.54. The minimum Gasteiger partial charge on any atom is -0.481 e. The van der Waals surface area contributed by atoms with E-state index in [0.29, 0.717) is 16.9 Å². The maximum absolute atomic E-state index is 11.3. The number of primary sulfonamides is 1. The second-order valence-corrected chi connectivity index (χ2v) is 5.62. The Morgan fingerprint density at radius 2 is 1.83 bits per heavy atom. The summed E-state index contributed by atoms with van der Waals surface area (Å²) in [5.74, 6) is -0.186. The van der Waals surface area contributed by atoms with Crippen LogP contribution < -0.4 is 15.6 Å². The van der Waals surface area contributed by atoms with Crippen molar-refractivity contribution in [3.63, 3.8) is 0 Å². The molecule has 0 spiro atoms. The summed E-state index contributed by atoms with van der Waals surface area (Å²) in [4.78, 5) is 10.9. The van der Waals surface area contributed by atoms with Crippen LogP contribution in [-0.2, 0) is 14.8 Å². The van der Waals surface area contributed by atoms with E-state index in [2.05, 4.69) is 0 Å². The van der Waals surface area contributed by atoms with Gasteiger partial charge >= 0.3 is 0 Å². The number of carbonyl (C=O) groups excluding carboxylic acids is 1. The van der Waals surface area contributed by atoms with Gasteiger partial charge in [0, 0.05) is 0 Å². The topological polar surface area (TPSA) is 112 Å². The van der Waals surface area contributed by atoms with E-state index in [-0.39, 0.29) is 4.90 Å². The Morgan fingerprint density at radius 1 is 1.28 bits per heavy atom. The Hall–Kier alpha value is -1.60. The molecule has 1 unspecified atom stereocenters. The van der Waals surface area contributed by atoms with E-state index in [4.69, 9.17) is 15.6 Å². The van der Waals surface area contributed by atoms with Crippen molar-refractivity contribution < 1.29 is 17.9 Å². The van der Waals surface area contributed by atoms with E-state index in [9.17, 15) is 13.2 Å². The van der Waals surface area contributed by atoms with E-state index in [1.807, 2.05) is 0 Å². The van der Waals surface area contributed by atoms with Gasteiger partial charge in [0.2, 0.25) is 10.0 Å². The van der Waals surface area contributed by atoms with Crippen LogP contribution in [0.4, 0.5) is 0 Å². The fourth-order valence-electron chi connectivity index (χ4n) is 1.45. The number of benzene rings is 1. The second-order valence-electron chi connectivity index (χ2n) is 4.09. The first kappa shape index (κ1) is 14.5. The average molecular weight is 272 g/mol. The Bertz CT molecular complexity index is 581. The smallest absolute Gasteiger partial charge is 0.258 e. The van der Waals surface area contributed by atoms with Gasteiger partial charge in [0.05, 0.1) is 4.90 Å². The lowest BCUT2D eigenvalue weighted by Crippen LogP contribution is -2.31. The molecule has 6 nitrogen and oxygen atoms in total. The lowest BCUT2D eigenvalue weighted by Gasteiger charge is -2.15. The van der Waals surface area contributed by atoms with Crippen molar-refractivity contribution in [1.82, 2.24) is 0 Å². The lowest BCUT2D eigenvalue weighted by molar-refractivity contribution is -0.124. The summed E-state index contributed by atoms with van der Waals surface area (Å²) in [5.41, 5.74) is 6.11. The Kier molecular flexibility index (Phi) is 3.98. The summed E-state index contributed by atoms with van der Waals surface area (Å²) < 4.78 is 28.0. The number of amides is 1. The maximum Gasteiger partial charge on any atom is 0.258 e. The molecule has 0 heterocycles. The highest BCUT2D eigenvalue weighted by atomic mass is 32.2. The maximum atomic E-state index is 11.3. The fraction of sp³-hybridized carbons (Fsp3) is 0.364. The third kappa shape index (κ3) is 3.21. The molecule has 1 aromatic rings. The van der Waals surface area contributed by atoms with Crippen LogP contribution in [0.3, 0.4) is 0 Å². The molecule has 1 amide bonds. The first-order valence-corrected chi connectivity index (χ1v) is 6.77. The summed E-state index contributed by atoms with van der Waals surface area (Å²) in [6, 6.07) is 2.93. The van der Waals surface area contributed by atoms with Crippen LogP contribution in [-0.4, -0.2) is 20.4 Å². The molecule has 100 valence electrons. The molecule has 0 bridgehead atoms. The Morgan fingerprint density at radius 3 is 2.28 bits per heavy atom. The van der Waals surface area contributed by atoms with Crippen LogP contribution in [0.5, 0.6) is 5.75 Å². The third-order valence-electron chi connectivity index (χ3n) is 2.48. The van der Waals surface area contributed by atoms with Crippen molar-refractivity contribution in [2.24, 2.45) is 10.9 Å². The second kappa shape index (κ2) is 4.95. The molecular weight excluding hydrogens is 256 g/mol. The average Bonchev–Trinajstić information content (AvgIpc) is 2.20. The van der Waals surface area contributed by atoms with E-state index >= 15 is 0 Å². The van der Waals surface area contributed by atoms with Gasteiger partial charge in [-0.1, -0.05) is 0 Å². The number of hydrogen-bond acceptors (Lipinski definition) is 4. The van der Waals surface area contributed by atoms with Gasteiger partial charge in [-0.25, -0.2) is 13.6 Å². The predicted octanol–water partition coefficient (Wildman–Crippen LogP) is 0.203. The highest BCUT2D eigenvalue weighted by molar-refractivity contribution is 7.89. The molecular formula is C11H16N2O4S. The van der Waals surface area contributed by atoms with E-state index < -0.39 is 22.0 Å². The molecule has 0 saturated carbocycles. The Balaban J connectivity index is 3.20. The fourth-order valence-corrected chi connectivity index (χ4v) is 2.29. The molecule has 0 aliphatic rings. The van der Waals surface area contributed by atoms with Crippen molar-refractivity contribution in [2.45, 2.75) is 31.8 Å². The lowest BCUT2D eigenvalue weighted by atomic mass is 10.1. The Labute approximate surface area is 106 Å². The van der Waals surface area contributed by atoms with Crippen LogP contribution >= 0.6 is 0 Å². The highest BCUT2D eigenvalue weighted by Crippen LogP contribution is 2.25. The van der Waals surface area contributed by atoms with Crippen LogP contribution in [0, 0.1) is 13.8 Å². The number of sulfonamides is 1. The molecule has 4 N–H and O–H groups in total. The SMILES string of the molecule is Cc1cc(S(N)(=O)=O)c(C)cc1OC(C)C(N)=O. The van der Waals surface area contributed by atoms with Crippen molar-refractivity contribution >= 4 is 15.9 Å². The quantitative estimate of drug-likeness (QED) is 0.815. The molecule has 1 atom stereocenters. The normalized spacial score (nSPS) is 13.1. The molecule has 0 saturated heterocycles. The standard InChI is InChI=1S/C11H16N2O4S/c1-6-5-10(18(13,15)16)7(2)4-9(6)17-8(3)11(12)14/h4-5,8H,1-3H3,(H2,12,14)(H2,13,15,16). The summed E-state index contributed by atoms with van der Waals surface area (Å²) in [7, 11) is -3.76. The summed E-state index contributed by atoms with van der Waals surface area (Å²) in [5, 5.41) is 5.08. The van der Waals surface area contributed by atoms with Gasteiger partial charge < -0.3 is 10.5 Å². The van der Waals surface area contributed by atoms with Gasteiger partial charge in [0.1, 0.15) is 5.75 Å². The van der Waals surface area contributed by atoms with Gasteiger partial charge in [-0.2, -0.15) is 0 Å². The van der Waals surface area contributed by atoms with Gasteiger partial charge in [0.15, 0.2) is 6.10 Å². The molecule has 0 aliphatic carbocycles. The molecule has 0 radical (unpaired) electrons.